The average Bonchev–Trinajstić information content (AvgIpc) is 2.57. The van der Waals surface area contributed by atoms with Gasteiger partial charge in [0, 0.05) is 17.6 Å². The zero-order chi connectivity index (χ0) is 17.4. The van der Waals surface area contributed by atoms with Crippen molar-refractivity contribution >= 4 is 0 Å². The molecule has 126 valence electrons. The topological polar surface area (TPSA) is 41.5 Å². The van der Waals surface area contributed by atoms with Gasteiger partial charge in [0.25, 0.3) is 0 Å². The van der Waals surface area contributed by atoms with Crippen molar-refractivity contribution in [2.45, 2.75) is 32.4 Å². The van der Waals surface area contributed by atoms with Gasteiger partial charge in [0.2, 0.25) is 0 Å². The number of para-hydroxylation sites is 1. The van der Waals surface area contributed by atoms with Crippen molar-refractivity contribution in [3.63, 3.8) is 0 Å². The van der Waals surface area contributed by atoms with Gasteiger partial charge in [-0.05, 0) is 45.0 Å². The number of hydrogen-bond acceptors (Lipinski definition) is 3. The molecule has 0 bridgehead atoms. The summed E-state index contributed by atoms with van der Waals surface area (Å²) in [7, 11) is 0. The summed E-state index contributed by atoms with van der Waals surface area (Å²) in [5, 5.41) is 13.3. The van der Waals surface area contributed by atoms with E-state index in [1.165, 1.54) is 0 Å². The molecule has 3 nitrogen and oxygen atoms in total. The minimum absolute atomic E-state index is 0.0277. The quantitative estimate of drug-likeness (QED) is 0.830. The molecular weight excluding hydrogens is 298 g/mol. The van der Waals surface area contributed by atoms with Gasteiger partial charge in [0.15, 0.2) is 0 Å². The number of hydrogen-bond donors (Lipinski definition) is 2. The van der Waals surface area contributed by atoms with Gasteiger partial charge in [-0.1, -0.05) is 42.2 Å². The van der Waals surface area contributed by atoms with Gasteiger partial charge in [0.1, 0.15) is 18.5 Å². The van der Waals surface area contributed by atoms with Gasteiger partial charge in [0.05, 0.1) is 5.56 Å². The minimum Gasteiger partial charge on any atom is -0.490 e. The molecule has 2 aromatic carbocycles. The lowest BCUT2D eigenvalue weighted by Gasteiger charge is -2.23. The zero-order valence-electron chi connectivity index (χ0n) is 14.5. The second-order valence-corrected chi connectivity index (χ2v) is 6.71. The van der Waals surface area contributed by atoms with Crippen LogP contribution in [0.15, 0.2) is 54.6 Å². The Balaban J connectivity index is 1.98. The average molecular weight is 323 g/mol. The van der Waals surface area contributed by atoms with Gasteiger partial charge in [-0.15, -0.1) is 0 Å². The molecule has 0 aromatic heterocycles. The first-order chi connectivity index (χ1) is 11.4. The largest absolute Gasteiger partial charge is 0.490 e. The summed E-state index contributed by atoms with van der Waals surface area (Å²) in [4.78, 5) is 0. The van der Waals surface area contributed by atoms with Gasteiger partial charge >= 0.3 is 0 Å². The highest BCUT2D eigenvalue weighted by molar-refractivity contribution is 5.49. The van der Waals surface area contributed by atoms with Crippen LogP contribution in [0.2, 0.25) is 0 Å². The summed E-state index contributed by atoms with van der Waals surface area (Å²) >= 11 is 0. The van der Waals surface area contributed by atoms with Gasteiger partial charge < -0.3 is 15.2 Å². The SMILES string of the molecule is CC(C)(C)NCC(O)COc1ccccc1C#Cc1ccccc1. The lowest BCUT2D eigenvalue weighted by atomic mass is 10.1. The first kappa shape index (κ1) is 18.1. The first-order valence-corrected chi connectivity index (χ1v) is 8.16. The minimum atomic E-state index is -0.570. The van der Waals surface area contributed by atoms with E-state index in [2.05, 4.69) is 37.9 Å². The predicted octanol–water partition coefficient (Wildman–Crippen LogP) is 3.21. The van der Waals surface area contributed by atoms with Crippen LogP contribution in [-0.2, 0) is 0 Å². The number of nitrogens with one attached hydrogen (secondary N) is 1. The predicted molar refractivity (Wildman–Crippen MR) is 98.1 cm³/mol. The fourth-order valence-electron chi connectivity index (χ4n) is 2.03. The molecule has 0 saturated heterocycles. The van der Waals surface area contributed by atoms with Crippen LogP contribution in [-0.4, -0.2) is 29.9 Å². The van der Waals surface area contributed by atoms with Crippen LogP contribution in [0, 0.1) is 11.8 Å². The summed E-state index contributed by atoms with van der Waals surface area (Å²) in [6.45, 7) is 6.91. The molecule has 0 heterocycles. The third kappa shape index (κ3) is 6.45. The Morgan fingerprint density at radius 1 is 1.00 bits per heavy atom. The van der Waals surface area contributed by atoms with Crippen molar-refractivity contribution < 1.29 is 9.84 Å². The maximum absolute atomic E-state index is 10.0. The summed E-state index contributed by atoms with van der Waals surface area (Å²) in [5.74, 6) is 6.96. The maximum Gasteiger partial charge on any atom is 0.135 e. The molecule has 1 atom stereocenters. The molecule has 2 aromatic rings. The molecule has 0 radical (unpaired) electrons. The van der Waals surface area contributed by atoms with Crippen LogP contribution in [0.1, 0.15) is 31.9 Å². The molecule has 0 spiro atoms. The molecule has 2 N–H and O–H groups in total. The third-order valence-electron chi connectivity index (χ3n) is 3.30. The van der Waals surface area contributed by atoms with Crippen LogP contribution in [0.3, 0.4) is 0 Å². The molecule has 2 rings (SSSR count). The van der Waals surface area contributed by atoms with E-state index in [-0.39, 0.29) is 12.1 Å². The number of β-amino-alcohol motifs (C(OH)–C–C–N with tert-alkyl or cyclic N) is 1. The fraction of sp³-hybridized carbons (Fsp3) is 0.333. The molecule has 3 heteroatoms. The van der Waals surface area contributed by atoms with E-state index in [1.54, 1.807) is 0 Å². The zero-order valence-corrected chi connectivity index (χ0v) is 14.5. The van der Waals surface area contributed by atoms with E-state index in [0.717, 1.165) is 11.1 Å². The highest BCUT2D eigenvalue weighted by atomic mass is 16.5. The molecule has 0 aliphatic rings. The molecule has 0 aliphatic heterocycles. The van der Waals surface area contributed by atoms with Crippen molar-refractivity contribution in [3.05, 3.63) is 65.7 Å². The highest BCUT2D eigenvalue weighted by Crippen LogP contribution is 2.17. The summed E-state index contributed by atoms with van der Waals surface area (Å²) < 4.78 is 5.76. The summed E-state index contributed by atoms with van der Waals surface area (Å²) in [5.41, 5.74) is 1.75. The van der Waals surface area contributed by atoms with Crippen molar-refractivity contribution in [3.8, 4) is 17.6 Å². The number of rotatable bonds is 5. The Morgan fingerprint density at radius 2 is 1.67 bits per heavy atom. The fourth-order valence-corrected chi connectivity index (χ4v) is 2.03. The van der Waals surface area contributed by atoms with Crippen molar-refractivity contribution in [1.82, 2.24) is 5.32 Å². The van der Waals surface area contributed by atoms with E-state index >= 15 is 0 Å². The smallest absolute Gasteiger partial charge is 0.135 e. The lowest BCUT2D eigenvalue weighted by Crippen LogP contribution is -2.42. The van der Waals surface area contributed by atoms with Crippen LogP contribution in [0.5, 0.6) is 5.75 Å². The summed E-state index contributed by atoms with van der Waals surface area (Å²) in [6, 6.07) is 17.5. The monoisotopic (exact) mass is 323 g/mol. The van der Waals surface area contributed by atoms with E-state index in [4.69, 9.17) is 4.74 Å². The second kappa shape index (κ2) is 8.54. The van der Waals surface area contributed by atoms with E-state index in [1.807, 2.05) is 54.6 Å². The molecule has 0 fully saturated rings. The number of aliphatic hydroxyl groups is 1. The number of ether oxygens (including phenoxy) is 1. The van der Waals surface area contributed by atoms with Crippen LogP contribution < -0.4 is 10.1 Å². The normalized spacial score (nSPS) is 12.2. The Kier molecular flexibility index (Phi) is 6.43. The molecule has 1 unspecified atom stereocenters. The third-order valence-corrected chi connectivity index (χ3v) is 3.30. The Hall–Kier alpha value is -2.28. The standard InChI is InChI=1S/C21H25NO2/c1-21(2,3)22-15-19(23)16-24-20-12-8-7-11-18(20)14-13-17-9-5-4-6-10-17/h4-12,19,22-23H,15-16H2,1-3H3. The molecule has 0 saturated carbocycles. The Labute approximate surface area is 144 Å². The van der Waals surface area contributed by atoms with Crippen LogP contribution >= 0.6 is 0 Å². The van der Waals surface area contributed by atoms with E-state index in [9.17, 15) is 5.11 Å². The van der Waals surface area contributed by atoms with Crippen LogP contribution in [0.4, 0.5) is 0 Å². The number of aliphatic hydroxyl groups excluding tert-OH is 1. The first-order valence-electron chi connectivity index (χ1n) is 8.16. The van der Waals surface area contributed by atoms with Gasteiger partial charge in [-0.3, -0.25) is 0 Å². The Morgan fingerprint density at radius 3 is 2.38 bits per heavy atom. The molecule has 0 aliphatic carbocycles. The van der Waals surface area contributed by atoms with E-state index in [0.29, 0.717) is 12.3 Å². The molecular formula is C21H25NO2. The van der Waals surface area contributed by atoms with E-state index < -0.39 is 6.10 Å². The lowest BCUT2D eigenvalue weighted by molar-refractivity contribution is 0.0999. The van der Waals surface area contributed by atoms with Crippen LogP contribution in [0.25, 0.3) is 0 Å². The number of benzene rings is 2. The van der Waals surface area contributed by atoms with Crippen molar-refractivity contribution in [1.29, 1.82) is 0 Å². The second-order valence-electron chi connectivity index (χ2n) is 6.71. The highest BCUT2D eigenvalue weighted by Gasteiger charge is 2.13. The van der Waals surface area contributed by atoms with Gasteiger partial charge in [-0.2, -0.15) is 0 Å². The van der Waals surface area contributed by atoms with Gasteiger partial charge in [-0.25, -0.2) is 0 Å². The molecule has 0 amide bonds. The van der Waals surface area contributed by atoms with Crippen molar-refractivity contribution in [2.75, 3.05) is 13.2 Å². The Bertz CT molecular complexity index is 693. The summed E-state index contributed by atoms with van der Waals surface area (Å²) in [6.07, 6.45) is -0.570. The molecule has 24 heavy (non-hydrogen) atoms. The maximum atomic E-state index is 10.0. The van der Waals surface area contributed by atoms with Crippen molar-refractivity contribution in [2.24, 2.45) is 0 Å².